The molecule has 54 heavy (non-hydrogen) atoms. The van der Waals surface area contributed by atoms with Gasteiger partial charge in [0.2, 0.25) is 0 Å². The summed E-state index contributed by atoms with van der Waals surface area (Å²) in [6, 6.07) is 70.2. The highest BCUT2D eigenvalue weighted by atomic mass is 32.1. The molecule has 1 heterocycles. The van der Waals surface area contributed by atoms with Crippen LogP contribution in [0.2, 0.25) is 0 Å². The van der Waals surface area contributed by atoms with E-state index in [-0.39, 0.29) is 5.41 Å². The van der Waals surface area contributed by atoms with Gasteiger partial charge in [-0.3, -0.25) is 0 Å². The van der Waals surface area contributed by atoms with Crippen molar-refractivity contribution in [2.45, 2.75) is 24.7 Å². The topological polar surface area (TPSA) is 3.24 Å². The first-order valence-electron chi connectivity index (χ1n) is 18.9. The van der Waals surface area contributed by atoms with E-state index in [2.05, 4.69) is 207 Å². The van der Waals surface area contributed by atoms with Gasteiger partial charge in [-0.1, -0.05) is 166 Å². The molecule has 0 amide bonds. The molecule has 0 N–H and O–H groups in total. The Hall–Kier alpha value is -6.22. The van der Waals surface area contributed by atoms with Gasteiger partial charge in [-0.15, -0.1) is 11.3 Å². The zero-order chi connectivity index (χ0) is 36.0. The van der Waals surface area contributed by atoms with E-state index in [1.54, 1.807) is 0 Å². The molecular formula is C52H37NS. The normalized spacial score (nSPS) is 14.4. The van der Waals surface area contributed by atoms with E-state index in [0.29, 0.717) is 0 Å². The van der Waals surface area contributed by atoms with Gasteiger partial charge < -0.3 is 4.90 Å². The van der Waals surface area contributed by atoms with Gasteiger partial charge in [0.05, 0.1) is 15.8 Å². The van der Waals surface area contributed by atoms with Gasteiger partial charge in [0.1, 0.15) is 0 Å². The Bertz CT molecular complexity index is 2880. The van der Waals surface area contributed by atoms with Crippen LogP contribution in [0, 0.1) is 0 Å². The fraction of sp³-hybridized carbons (Fsp3) is 0.0769. The Morgan fingerprint density at radius 2 is 0.926 bits per heavy atom. The van der Waals surface area contributed by atoms with E-state index in [0.717, 1.165) is 5.69 Å². The highest BCUT2D eigenvalue weighted by Gasteiger charge is 2.46. The van der Waals surface area contributed by atoms with Crippen LogP contribution in [0.25, 0.3) is 42.4 Å². The Labute approximate surface area is 320 Å². The van der Waals surface area contributed by atoms with Crippen LogP contribution in [0.1, 0.15) is 47.2 Å². The van der Waals surface area contributed by atoms with Crippen molar-refractivity contribution in [1.29, 1.82) is 0 Å². The smallest absolute Gasteiger partial charge is 0.0714 e. The molecular weight excluding hydrogens is 671 g/mol. The Kier molecular flexibility index (Phi) is 6.75. The van der Waals surface area contributed by atoms with Crippen LogP contribution in [0.5, 0.6) is 0 Å². The van der Waals surface area contributed by atoms with Crippen LogP contribution in [0.15, 0.2) is 188 Å². The standard InChI is InChI=1S/C52H37NS/c1-51(2)44-24-12-9-20-38(44)40-30-28-36(32-46(40)51)53(48-26-15-23-43-42-22-11-14-27-49(42)54-50(43)48)37-29-31-41-39-21-10-13-25-45(39)52(47(41)33-37,34-16-5-3-6-17-34)35-18-7-4-8-19-35/h3-33H,1-2H3. The minimum absolute atomic E-state index is 0.118. The number of hydrogen-bond acceptors (Lipinski definition) is 2. The minimum atomic E-state index is -0.485. The molecule has 2 aliphatic carbocycles. The quantitative estimate of drug-likeness (QED) is 0.172. The van der Waals surface area contributed by atoms with Crippen molar-refractivity contribution in [3.63, 3.8) is 0 Å². The minimum Gasteiger partial charge on any atom is -0.309 e. The van der Waals surface area contributed by atoms with Crippen LogP contribution < -0.4 is 4.90 Å². The molecule has 0 bridgehead atoms. The highest BCUT2D eigenvalue weighted by Crippen LogP contribution is 2.58. The number of fused-ring (bicyclic) bond motifs is 9. The lowest BCUT2D eigenvalue weighted by molar-refractivity contribution is 0.660. The van der Waals surface area contributed by atoms with Crippen molar-refractivity contribution in [2.75, 3.05) is 4.90 Å². The van der Waals surface area contributed by atoms with Crippen molar-refractivity contribution in [1.82, 2.24) is 0 Å². The molecule has 0 unspecified atom stereocenters. The molecule has 11 rings (SSSR count). The van der Waals surface area contributed by atoms with E-state index in [1.165, 1.54) is 87.2 Å². The number of nitrogens with zero attached hydrogens (tertiary/aromatic N) is 1. The molecule has 0 spiro atoms. The molecule has 0 aliphatic heterocycles. The molecule has 256 valence electrons. The molecule has 0 saturated carbocycles. The third-order valence-corrected chi connectivity index (χ3v) is 13.4. The van der Waals surface area contributed by atoms with Gasteiger partial charge in [0.15, 0.2) is 0 Å². The number of benzene rings is 8. The molecule has 0 radical (unpaired) electrons. The second kappa shape index (κ2) is 11.6. The maximum atomic E-state index is 2.53. The van der Waals surface area contributed by atoms with E-state index in [9.17, 15) is 0 Å². The molecule has 9 aromatic rings. The van der Waals surface area contributed by atoms with Crippen molar-refractivity contribution in [3.05, 3.63) is 221 Å². The summed E-state index contributed by atoms with van der Waals surface area (Å²) in [4.78, 5) is 2.53. The van der Waals surface area contributed by atoms with Crippen molar-refractivity contribution in [3.8, 4) is 22.3 Å². The zero-order valence-electron chi connectivity index (χ0n) is 30.3. The Morgan fingerprint density at radius 3 is 1.63 bits per heavy atom. The van der Waals surface area contributed by atoms with Crippen LogP contribution in [-0.4, -0.2) is 0 Å². The van der Waals surface area contributed by atoms with Gasteiger partial charge in [-0.2, -0.15) is 0 Å². The van der Waals surface area contributed by atoms with E-state index in [1.807, 2.05) is 11.3 Å². The summed E-state index contributed by atoms with van der Waals surface area (Å²) >= 11 is 1.89. The average molecular weight is 708 g/mol. The van der Waals surface area contributed by atoms with Gasteiger partial charge >= 0.3 is 0 Å². The maximum absolute atomic E-state index is 2.53. The summed E-state index contributed by atoms with van der Waals surface area (Å²) in [6.07, 6.45) is 0. The zero-order valence-corrected chi connectivity index (χ0v) is 31.1. The fourth-order valence-electron chi connectivity index (χ4n) is 9.74. The number of hydrogen-bond donors (Lipinski definition) is 0. The summed E-state index contributed by atoms with van der Waals surface area (Å²) in [5, 5.41) is 2.60. The number of thiophene rings is 1. The van der Waals surface area contributed by atoms with Gasteiger partial charge in [0.25, 0.3) is 0 Å². The lowest BCUT2D eigenvalue weighted by atomic mass is 9.67. The van der Waals surface area contributed by atoms with Crippen molar-refractivity contribution < 1.29 is 0 Å². The first-order valence-corrected chi connectivity index (χ1v) is 19.7. The van der Waals surface area contributed by atoms with E-state index < -0.39 is 5.41 Å². The third-order valence-electron chi connectivity index (χ3n) is 12.1. The van der Waals surface area contributed by atoms with E-state index >= 15 is 0 Å². The van der Waals surface area contributed by atoms with Crippen LogP contribution in [-0.2, 0) is 10.8 Å². The first-order chi connectivity index (χ1) is 26.5. The summed E-state index contributed by atoms with van der Waals surface area (Å²) < 4.78 is 2.60. The summed E-state index contributed by atoms with van der Waals surface area (Å²) in [5.74, 6) is 0. The third kappa shape index (κ3) is 4.26. The molecule has 0 saturated heterocycles. The molecule has 0 fully saturated rings. The summed E-state index contributed by atoms with van der Waals surface area (Å²) in [6.45, 7) is 4.75. The SMILES string of the molecule is CC1(C)c2ccccc2-c2ccc(N(c3ccc4c(c3)C(c3ccccc3)(c3ccccc3)c3ccccc3-4)c3cccc4c3sc3ccccc34)cc21. The molecule has 0 atom stereocenters. The second-order valence-corrected chi connectivity index (χ2v) is 16.3. The summed E-state index contributed by atoms with van der Waals surface area (Å²) in [5.41, 5.74) is 16.1. The molecule has 2 aliphatic rings. The maximum Gasteiger partial charge on any atom is 0.0714 e. The lowest BCUT2D eigenvalue weighted by Gasteiger charge is -2.35. The highest BCUT2D eigenvalue weighted by molar-refractivity contribution is 7.26. The summed E-state index contributed by atoms with van der Waals surface area (Å²) in [7, 11) is 0. The van der Waals surface area contributed by atoms with Crippen molar-refractivity contribution >= 4 is 48.6 Å². The number of rotatable bonds is 5. The second-order valence-electron chi connectivity index (χ2n) is 15.2. The van der Waals surface area contributed by atoms with Crippen LogP contribution in [0.4, 0.5) is 17.1 Å². The molecule has 8 aromatic carbocycles. The van der Waals surface area contributed by atoms with Crippen molar-refractivity contribution in [2.24, 2.45) is 0 Å². The van der Waals surface area contributed by atoms with Gasteiger partial charge in [-0.25, -0.2) is 0 Å². The largest absolute Gasteiger partial charge is 0.309 e. The predicted molar refractivity (Wildman–Crippen MR) is 229 cm³/mol. The molecule has 2 heteroatoms. The Morgan fingerprint density at radius 1 is 0.407 bits per heavy atom. The fourth-order valence-corrected chi connectivity index (χ4v) is 10.9. The molecule has 1 nitrogen and oxygen atoms in total. The molecule has 1 aromatic heterocycles. The van der Waals surface area contributed by atoms with E-state index in [4.69, 9.17) is 0 Å². The predicted octanol–water partition coefficient (Wildman–Crippen LogP) is 14.2. The lowest BCUT2D eigenvalue weighted by Crippen LogP contribution is -2.28. The van der Waals surface area contributed by atoms with Crippen LogP contribution >= 0.6 is 11.3 Å². The average Bonchev–Trinajstić information content (AvgIpc) is 3.83. The monoisotopic (exact) mass is 707 g/mol. The van der Waals surface area contributed by atoms with Gasteiger partial charge in [-0.05, 0) is 92.0 Å². The van der Waals surface area contributed by atoms with Crippen LogP contribution in [0.3, 0.4) is 0 Å². The Balaban J connectivity index is 1.21. The first kappa shape index (κ1) is 31.3. The van der Waals surface area contributed by atoms with Gasteiger partial charge in [0, 0.05) is 32.3 Å². The number of anilines is 3.